The first-order chi connectivity index (χ1) is 13.6. The molecule has 29 heavy (non-hydrogen) atoms. The Kier molecular flexibility index (Phi) is 6.02. The largest absolute Gasteiger partial charge is 0.486 e. The van der Waals surface area contributed by atoms with E-state index in [1.807, 2.05) is 51.1 Å². The number of aryl methyl sites for hydroxylation is 2. The second-order valence-electron chi connectivity index (χ2n) is 7.25. The summed E-state index contributed by atoms with van der Waals surface area (Å²) in [5.74, 6) is 0.929. The van der Waals surface area contributed by atoms with E-state index in [1.165, 1.54) is 0 Å². The van der Waals surface area contributed by atoms with Crippen molar-refractivity contribution in [1.82, 2.24) is 5.32 Å². The molecule has 2 aromatic carbocycles. The molecule has 2 aromatic rings. The Bertz CT molecular complexity index is 1020. The van der Waals surface area contributed by atoms with Crippen molar-refractivity contribution in [3.8, 4) is 11.5 Å². The van der Waals surface area contributed by atoms with E-state index in [9.17, 15) is 13.2 Å². The van der Waals surface area contributed by atoms with Gasteiger partial charge in [0.1, 0.15) is 19.8 Å². The average molecular weight is 419 g/mol. The molecule has 1 heterocycles. The molecular weight excluding hydrogens is 392 g/mol. The number of carbonyl (C=O) groups excluding carboxylic acids is 1. The van der Waals surface area contributed by atoms with Crippen LogP contribution in [0, 0.1) is 13.8 Å². The van der Waals surface area contributed by atoms with Gasteiger partial charge in [-0.25, -0.2) is 8.42 Å². The molecule has 0 radical (unpaired) electrons. The molecule has 0 saturated carbocycles. The zero-order valence-corrected chi connectivity index (χ0v) is 17.9. The van der Waals surface area contributed by atoms with Crippen molar-refractivity contribution < 1.29 is 22.7 Å². The third kappa shape index (κ3) is 5.00. The van der Waals surface area contributed by atoms with Crippen molar-refractivity contribution in [2.75, 3.05) is 30.3 Å². The summed E-state index contributed by atoms with van der Waals surface area (Å²) in [7, 11) is -3.63. The summed E-state index contributed by atoms with van der Waals surface area (Å²) in [4.78, 5) is 12.7. The number of carbonyl (C=O) groups is 1. The summed E-state index contributed by atoms with van der Waals surface area (Å²) < 4.78 is 37.0. The summed E-state index contributed by atoms with van der Waals surface area (Å²) >= 11 is 0. The summed E-state index contributed by atoms with van der Waals surface area (Å²) in [6.45, 7) is 6.24. The molecule has 1 aliphatic heterocycles. The molecule has 1 N–H and O–H groups in total. The predicted molar refractivity (Wildman–Crippen MR) is 112 cm³/mol. The Balaban J connectivity index is 1.76. The van der Waals surface area contributed by atoms with Crippen LogP contribution in [0.1, 0.15) is 29.7 Å². The van der Waals surface area contributed by atoms with Crippen molar-refractivity contribution >= 4 is 21.6 Å². The zero-order valence-electron chi connectivity index (χ0n) is 17.1. The van der Waals surface area contributed by atoms with Crippen LogP contribution in [0.25, 0.3) is 0 Å². The number of ether oxygens (including phenoxy) is 2. The van der Waals surface area contributed by atoms with Crippen LogP contribution >= 0.6 is 0 Å². The number of rotatable bonds is 6. The highest BCUT2D eigenvalue weighted by molar-refractivity contribution is 7.92. The minimum Gasteiger partial charge on any atom is -0.486 e. The fraction of sp³-hybridized carbons (Fsp3) is 0.381. The summed E-state index contributed by atoms with van der Waals surface area (Å²) in [5.41, 5.74) is 3.06. The molecule has 0 spiro atoms. The van der Waals surface area contributed by atoms with E-state index in [0.29, 0.717) is 30.4 Å². The highest BCUT2D eigenvalue weighted by Gasteiger charge is 2.24. The van der Waals surface area contributed by atoms with Gasteiger partial charge in [0, 0.05) is 0 Å². The van der Waals surface area contributed by atoms with Crippen molar-refractivity contribution in [2.45, 2.75) is 26.8 Å². The number of sulfonamides is 1. The van der Waals surface area contributed by atoms with Crippen LogP contribution in [-0.4, -0.2) is 40.3 Å². The van der Waals surface area contributed by atoms with E-state index in [1.54, 1.807) is 6.07 Å². The van der Waals surface area contributed by atoms with Crippen molar-refractivity contribution in [1.29, 1.82) is 0 Å². The Morgan fingerprint density at radius 3 is 2.48 bits per heavy atom. The highest BCUT2D eigenvalue weighted by atomic mass is 32.2. The van der Waals surface area contributed by atoms with Crippen molar-refractivity contribution in [3.05, 3.63) is 53.1 Å². The molecule has 1 amide bonds. The van der Waals surface area contributed by atoms with Gasteiger partial charge in [0.2, 0.25) is 15.9 Å². The number of nitrogens with zero attached hydrogens (tertiary/aromatic N) is 1. The molecule has 0 saturated heterocycles. The lowest BCUT2D eigenvalue weighted by molar-refractivity contribution is -0.120. The lowest BCUT2D eigenvalue weighted by Crippen LogP contribution is -2.41. The molecule has 0 unspecified atom stereocenters. The van der Waals surface area contributed by atoms with E-state index < -0.39 is 15.9 Å². The first kappa shape index (κ1) is 21.0. The smallest absolute Gasteiger partial charge is 0.241 e. The Morgan fingerprint density at radius 1 is 1.10 bits per heavy atom. The van der Waals surface area contributed by atoms with Gasteiger partial charge < -0.3 is 14.8 Å². The number of anilines is 1. The highest BCUT2D eigenvalue weighted by Crippen LogP contribution is 2.32. The van der Waals surface area contributed by atoms with Gasteiger partial charge in [0.15, 0.2) is 11.5 Å². The number of hydrogen-bond acceptors (Lipinski definition) is 5. The van der Waals surface area contributed by atoms with E-state index in [2.05, 4.69) is 5.32 Å². The van der Waals surface area contributed by atoms with Gasteiger partial charge >= 0.3 is 0 Å². The monoisotopic (exact) mass is 418 g/mol. The van der Waals surface area contributed by atoms with Crippen molar-refractivity contribution in [3.63, 3.8) is 0 Å². The van der Waals surface area contributed by atoms with Crippen LogP contribution in [0.3, 0.4) is 0 Å². The zero-order chi connectivity index (χ0) is 21.2. The minimum atomic E-state index is -3.63. The first-order valence-electron chi connectivity index (χ1n) is 9.39. The quantitative estimate of drug-likeness (QED) is 0.780. The van der Waals surface area contributed by atoms with E-state index in [-0.39, 0.29) is 12.6 Å². The number of nitrogens with one attached hydrogen (secondary N) is 1. The average Bonchev–Trinajstić information content (AvgIpc) is 2.67. The molecule has 0 aliphatic carbocycles. The molecule has 0 aromatic heterocycles. The topological polar surface area (TPSA) is 84.9 Å². The minimum absolute atomic E-state index is 0.294. The third-order valence-corrected chi connectivity index (χ3v) is 5.89. The molecule has 1 atom stereocenters. The maximum absolute atomic E-state index is 12.7. The molecule has 8 heteroatoms. The van der Waals surface area contributed by atoms with Gasteiger partial charge in [-0.05, 0) is 55.7 Å². The van der Waals surface area contributed by atoms with E-state index >= 15 is 0 Å². The SMILES string of the molecule is Cc1ccc(C)c(N(CC(=O)N[C@@H](C)c2ccc3c(c2)OCCO3)S(C)(=O)=O)c1. The number of benzene rings is 2. The van der Waals surface area contributed by atoms with Crippen LogP contribution in [0.2, 0.25) is 0 Å². The Morgan fingerprint density at radius 2 is 1.79 bits per heavy atom. The van der Waals surface area contributed by atoms with E-state index in [4.69, 9.17) is 9.47 Å². The molecule has 7 nitrogen and oxygen atoms in total. The van der Waals surface area contributed by atoms with Gasteiger partial charge in [-0.15, -0.1) is 0 Å². The third-order valence-electron chi connectivity index (χ3n) is 4.76. The molecular formula is C21H26N2O5S. The second kappa shape index (κ2) is 8.32. The maximum Gasteiger partial charge on any atom is 0.241 e. The molecule has 0 fully saturated rings. The molecule has 0 bridgehead atoms. The summed E-state index contributed by atoms with van der Waals surface area (Å²) in [6, 6.07) is 10.7. The Hall–Kier alpha value is -2.74. The van der Waals surface area contributed by atoms with Crippen LogP contribution in [-0.2, 0) is 14.8 Å². The first-order valence-corrected chi connectivity index (χ1v) is 11.2. The molecule has 156 valence electrons. The summed E-state index contributed by atoms with van der Waals surface area (Å²) in [5, 5.41) is 2.87. The standard InChI is InChI=1S/C21H26N2O5S/c1-14-5-6-15(2)18(11-14)23(29(4,25)26)13-21(24)22-16(3)17-7-8-19-20(12-17)28-10-9-27-19/h5-8,11-12,16H,9-10,13H2,1-4H3,(H,22,24)/t16-/m0/s1. The van der Waals surface area contributed by atoms with E-state index in [0.717, 1.165) is 27.3 Å². The number of fused-ring (bicyclic) bond motifs is 1. The number of amides is 1. The lowest BCUT2D eigenvalue weighted by Gasteiger charge is -2.25. The predicted octanol–water partition coefficient (Wildman–Crippen LogP) is 2.72. The van der Waals surface area contributed by atoms with Gasteiger partial charge in [0.25, 0.3) is 0 Å². The van der Waals surface area contributed by atoms with Crippen LogP contribution < -0.4 is 19.1 Å². The molecule has 3 rings (SSSR count). The van der Waals surface area contributed by atoms with Crippen LogP contribution in [0.5, 0.6) is 11.5 Å². The lowest BCUT2D eigenvalue weighted by atomic mass is 10.1. The van der Waals surface area contributed by atoms with Gasteiger partial charge in [0.05, 0.1) is 18.0 Å². The normalized spacial score (nSPS) is 14.2. The fourth-order valence-corrected chi connectivity index (χ4v) is 4.11. The molecule has 1 aliphatic rings. The number of hydrogen-bond donors (Lipinski definition) is 1. The summed E-state index contributed by atoms with van der Waals surface area (Å²) in [6.07, 6.45) is 1.10. The van der Waals surface area contributed by atoms with Gasteiger partial charge in [-0.1, -0.05) is 18.2 Å². The maximum atomic E-state index is 12.7. The van der Waals surface area contributed by atoms with Crippen molar-refractivity contribution in [2.24, 2.45) is 0 Å². The second-order valence-corrected chi connectivity index (χ2v) is 9.16. The van der Waals surface area contributed by atoms with Crippen LogP contribution in [0.15, 0.2) is 36.4 Å². The fourth-order valence-electron chi connectivity index (χ4n) is 3.20. The van der Waals surface area contributed by atoms with Gasteiger partial charge in [-0.3, -0.25) is 9.10 Å². The van der Waals surface area contributed by atoms with Gasteiger partial charge in [-0.2, -0.15) is 0 Å². The Labute approximate surface area is 171 Å². The van der Waals surface area contributed by atoms with Crippen LogP contribution in [0.4, 0.5) is 5.69 Å².